The summed E-state index contributed by atoms with van der Waals surface area (Å²) >= 11 is 0. The SMILES string of the molecule is CCC(CC)(CC(=O)NC(C)c1ccncc1)C(=O)O. The number of hydrogen-bond donors (Lipinski definition) is 2. The minimum Gasteiger partial charge on any atom is -0.481 e. The maximum absolute atomic E-state index is 12.1. The lowest BCUT2D eigenvalue weighted by atomic mass is 9.79. The Morgan fingerprint density at radius 1 is 1.30 bits per heavy atom. The maximum atomic E-state index is 12.1. The van der Waals surface area contributed by atoms with Gasteiger partial charge in [-0.15, -0.1) is 0 Å². The van der Waals surface area contributed by atoms with Crippen molar-refractivity contribution in [2.75, 3.05) is 0 Å². The van der Waals surface area contributed by atoms with E-state index in [-0.39, 0.29) is 18.4 Å². The van der Waals surface area contributed by atoms with E-state index in [0.717, 1.165) is 5.56 Å². The van der Waals surface area contributed by atoms with Crippen LogP contribution in [0.3, 0.4) is 0 Å². The van der Waals surface area contributed by atoms with Crippen LogP contribution in [0.2, 0.25) is 0 Å². The molecule has 0 saturated heterocycles. The molecule has 5 nitrogen and oxygen atoms in total. The van der Waals surface area contributed by atoms with Gasteiger partial charge in [0, 0.05) is 18.8 Å². The second-order valence-corrected chi connectivity index (χ2v) is 5.04. The molecule has 20 heavy (non-hydrogen) atoms. The zero-order valence-corrected chi connectivity index (χ0v) is 12.2. The number of hydrogen-bond acceptors (Lipinski definition) is 3. The van der Waals surface area contributed by atoms with Gasteiger partial charge in [0.1, 0.15) is 0 Å². The van der Waals surface area contributed by atoms with Crippen molar-refractivity contribution < 1.29 is 14.7 Å². The molecule has 1 aromatic rings. The van der Waals surface area contributed by atoms with Crippen molar-refractivity contribution in [2.24, 2.45) is 5.41 Å². The topological polar surface area (TPSA) is 79.3 Å². The Kier molecular flexibility index (Phi) is 5.67. The number of aromatic nitrogens is 1. The van der Waals surface area contributed by atoms with Crippen LogP contribution in [-0.2, 0) is 9.59 Å². The number of nitrogens with zero attached hydrogens (tertiary/aromatic N) is 1. The van der Waals surface area contributed by atoms with E-state index in [1.54, 1.807) is 26.2 Å². The molecule has 0 aliphatic carbocycles. The first kappa shape index (κ1) is 16.1. The fourth-order valence-corrected chi connectivity index (χ4v) is 2.21. The summed E-state index contributed by atoms with van der Waals surface area (Å²) in [4.78, 5) is 27.4. The van der Waals surface area contributed by atoms with Crippen LogP contribution in [0.15, 0.2) is 24.5 Å². The molecule has 1 atom stereocenters. The number of carbonyl (C=O) groups is 2. The Hall–Kier alpha value is -1.91. The number of nitrogens with one attached hydrogen (secondary N) is 1. The van der Waals surface area contributed by atoms with Gasteiger partial charge in [0.05, 0.1) is 11.5 Å². The van der Waals surface area contributed by atoms with Crippen molar-refractivity contribution in [3.05, 3.63) is 30.1 Å². The molecular weight excluding hydrogens is 256 g/mol. The second kappa shape index (κ2) is 7.03. The molecule has 1 rings (SSSR count). The van der Waals surface area contributed by atoms with E-state index >= 15 is 0 Å². The summed E-state index contributed by atoms with van der Waals surface area (Å²) < 4.78 is 0. The van der Waals surface area contributed by atoms with Gasteiger partial charge in [0.25, 0.3) is 0 Å². The predicted molar refractivity (Wildman–Crippen MR) is 76.1 cm³/mol. The monoisotopic (exact) mass is 278 g/mol. The Morgan fingerprint density at radius 2 is 1.85 bits per heavy atom. The highest BCUT2D eigenvalue weighted by Gasteiger charge is 2.37. The normalized spacial score (nSPS) is 12.8. The molecule has 5 heteroatoms. The highest BCUT2D eigenvalue weighted by atomic mass is 16.4. The van der Waals surface area contributed by atoms with Gasteiger partial charge in [-0.2, -0.15) is 0 Å². The van der Waals surface area contributed by atoms with E-state index in [1.807, 2.05) is 19.1 Å². The molecule has 0 saturated carbocycles. The van der Waals surface area contributed by atoms with Gasteiger partial charge >= 0.3 is 5.97 Å². The van der Waals surface area contributed by atoms with Crippen LogP contribution in [0.25, 0.3) is 0 Å². The van der Waals surface area contributed by atoms with Gasteiger partial charge in [-0.25, -0.2) is 0 Å². The zero-order chi connectivity index (χ0) is 15.2. The average Bonchev–Trinajstić information content (AvgIpc) is 2.45. The van der Waals surface area contributed by atoms with Gasteiger partial charge in [-0.3, -0.25) is 14.6 Å². The maximum Gasteiger partial charge on any atom is 0.310 e. The molecule has 2 N–H and O–H groups in total. The van der Waals surface area contributed by atoms with Crippen molar-refractivity contribution in [1.29, 1.82) is 0 Å². The lowest BCUT2D eigenvalue weighted by Crippen LogP contribution is -2.37. The molecule has 1 unspecified atom stereocenters. The first-order valence-corrected chi connectivity index (χ1v) is 6.88. The molecule has 1 amide bonds. The van der Waals surface area contributed by atoms with Crippen molar-refractivity contribution in [3.63, 3.8) is 0 Å². The summed E-state index contributed by atoms with van der Waals surface area (Å²) in [5, 5.41) is 12.2. The van der Waals surface area contributed by atoms with Gasteiger partial charge in [-0.1, -0.05) is 13.8 Å². The van der Waals surface area contributed by atoms with E-state index in [9.17, 15) is 14.7 Å². The van der Waals surface area contributed by atoms with Crippen molar-refractivity contribution in [3.8, 4) is 0 Å². The minimum absolute atomic E-state index is 0.00472. The molecular formula is C15H22N2O3. The number of carbonyl (C=O) groups excluding carboxylic acids is 1. The number of carboxylic acids is 1. The lowest BCUT2D eigenvalue weighted by molar-refractivity contribution is -0.152. The summed E-state index contributed by atoms with van der Waals surface area (Å²) in [6.07, 6.45) is 4.21. The molecule has 0 spiro atoms. The molecule has 1 aromatic heterocycles. The first-order valence-electron chi connectivity index (χ1n) is 6.88. The van der Waals surface area contributed by atoms with E-state index in [2.05, 4.69) is 10.3 Å². The summed E-state index contributed by atoms with van der Waals surface area (Å²) in [5.41, 5.74) is -0.0236. The Bertz CT molecular complexity index is 455. The molecule has 0 aliphatic heterocycles. The molecule has 0 aliphatic rings. The van der Waals surface area contributed by atoms with E-state index in [4.69, 9.17) is 0 Å². The van der Waals surface area contributed by atoms with E-state index in [0.29, 0.717) is 12.8 Å². The Balaban J connectivity index is 2.70. The molecule has 0 bridgehead atoms. The highest BCUT2D eigenvalue weighted by Crippen LogP contribution is 2.31. The summed E-state index contributed by atoms with van der Waals surface area (Å²) in [6.45, 7) is 5.47. The molecule has 0 aromatic carbocycles. The van der Waals surface area contributed by atoms with Crippen molar-refractivity contribution >= 4 is 11.9 Å². The quantitative estimate of drug-likeness (QED) is 0.803. The molecule has 0 radical (unpaired) electrons. The fourth-order valence-electron chi connectivity index (χ4n) is 2.21. The highest BCUT2D eigenvalue weighted by molar-refractivity contribution is 5.85. The van der Waals surface area contributed by atoms with E-state index in [1.165, 1.54) is 0 Å². The third-order valence-electron chi connectivity index (χ3n) is 3.89. The van der Waals surface area contributed by atoms with Crippen LogP contribution in [0.5, 0.6) is 0 Å². The second-order valence-electron chi connectivity index (χ2n) is 5.04. The third-order valence-corrected chi connectivity index (χ3v) is 3.89. The number of carboxylic acid groups (broad SMARTS) is 1. The molecule has 1 heterocycles. The predicted octanol–water partition coefficient (Wildman–Crippen LogP) is 2.54. The van der Waals surface area contributed by atoms with Crippen LogP contribution in [0.1, 0.15) is 51.6 Å². The zero-order valence-electron chi connectivity index (χ0n) is 12.2. The summed E-state index contributed by atoms with van der Waals surface area (Å²) in [6, 6.07) is 3.50. The van der Waals surface area contributed by atoms with Crippen LogP contribution in [-0.4, -0.2) is 22.0 Å². The van der Waals surface area contributed by atoms with Gasteiger partial charge in [0.2, 0.25) is 5.91 Å². The number of amides is 1. The summed E-state index contributed by atoms with van der Waals surface area (Å²) in [5.74, 6) is -1.14. The Labute approximate surface area is 119 Å². The molecule has 110 valence electrons. The number of pyridine rings is 1. The third kappa shape index (κ3) is 3.79. The van der Waals surface area contributed by atoms with Gasteiger partial charge in [0.15, 0.2) is 0 Å². The standard InChI is InChI=1S/C15H22N2O3/c1-4-15(5-2,14(19)20)10-13(18)17-11(3)12-6-8-16-9-7-12/h6-9,11H,4-5,10H2,1-3H3,(H,17,18)(H,19,20). The largest absolute Gasteiger partial charge is 0.481 e. The van der Waals surface area contributed by atoms with Gasteiger partial charge in [-0.05, 0) is 37.5 Å². The van der Waals surface area contributed by atoms with Crippen LogP contribution in [0.4, 0.5) is 0 Å². The Morgan fingerprint density at radius 3 is 2.30 bits per heavy atom. The number of rotatable bonds is 7. The molecule has 0 fully saturated rings. The smallest absolute Gasteiger partial charge is 0.310 e. The van der Waals surface area contributed by atoms with Crippen LogP contribution in [0, 0.1) is 5.41 Å². The van der Waals surface area contributed by atoms with Crippen molar-refractivity contribution in [1.82, 2.24) is 10.3 Å². The van der Waals surface area contributed by atoms with Crippen molar-refractivity contribution in [2.45, 2.75) is 46.1 Å². The first-order chi connectivity index (χ1) is 9.45. The minimum atomic E-state index is -0.970. The average molecular weight is 278 g/mol. The fraction of sp³-hybridized carbons (Fsp3) is 0.533. The lowest BCUT2D eigenvalue weighted by Gasteiger charge is -2.26. The van der Waals surface area contributed by atoms with Crippen LogP contribution >= 0.6 is 0 Å². The van der Waals surface area contributed by atoms with Gasteiger partial charge < -0.3 is 10.4 Å². The number of aliphatic carboxylic acids is 1. The van der Waals surface area contributed by atoms with Crippen LogP contribution < -0.4 is 5.32 Å². The van der Waals surface area contributed by atoms with E-state index < -0.39 is 11.4 Å². The summed E-state index contributed by atoms with van der Waals surface area (Å²) in [7, 11) is 0.